The van der Waals surface area contributed by atoms with Crippen LogP contribution in [0.4, 0.5) is 0 Å². The molecule has 2 rings (SSSR count). The van der Waals surface area contributed by atoms with Crippen LogP contribution in [0.5, 0.6) is 11.5 Å². The minimum atomic E-state index is 0.576. The molecule has 7 nitrogen and oxygen atoms in total. The molecule has 0 heterocycles. The van der Waals surface area contributed by atoms with Crippen LogP contribution in [0.1, 0.15) is 23.6 Å². The number of rotatable bonds is 12. The summed E-state index contributed by atoms with van der Waals surface area (Å²) in [4.78, 5) is 6.48. The molecule has 0 radical (unpaired) electrons. The van der Waals surface area contributed by atoms with Gasteiger partial charge in [-0.05, 0) is 30.2 Å². The molecule has 0 saturated carbocycles. The van der Waals surface area contributed by atoms with E-state index in [1.165, 1.54) is 5.56 Å². The first kappa shape index (κ1) is 24.5. The molecule has 2 aromatic carbocycles. The van der Waals surface area contributed by atoms with Crippen molar-refractivity contribution < 1.29 is 18.9 Å². The topological polar surface area (TPSA) is 64.6 Å². The van der Waals surface area contributed by atoms with Crippen molar-refractivity contribution >= 4 is 5.96 Å². The minimum Gasteiger partial charge on any atom is -0.497 e. The fourth-order valence-electron chi connectivity index (χ4n) is 3.16. The standard InChI is InChI=1S/C24H35N3O4/c1-6-30-12-13-31-18-20-9-7-8-19(14-20)16-26-24(25-2)27(3)17-21-10-11-22(28-4)15-23(21)29-5/h7-11,14-15H,6,12-13,16-18H2,1-5H3,(H,25,26). The Bertz CT molecular complexity index is 826. The molecule has 0 amide bonds. The summed E-state index contributed by atoms with van der Waals surface area (Å²) in [7, 11) is 7.10. The highest BCUT2D eigenvalue weighted by atomic mass is 16.5. The van der Waals surface area contributed by atoms with Crippen molar-refractivity contribution in [1.82, 2.24) is 10.2 Å². The molecule has 0 bridgehead atoms. The Morgan fingerprint density at radius 1 is 1.00 bits per heavy atom. The maximum atomic E-state index is 5.67. The smallest absolute Gasteiger partial charge is 0.193 e. The van der Waals surface area contributed by atoms with Crippen LogP contribution in [0.2, 0.25) is 0 Å². The van der Waals surface area contributed by atoms with Crippen molar-refractivity contribution in [3.63, 3.8) is 0 Å². The van der Waals surface area contributed by atoms with Crippen LogP contribution in [0.25, 0.3) is 0 Å². The summed E-state index contributed by atoms with van der Waals surface area (Å²) in [5.41, 5.74) is 3.37. The fraction of sp³-hybridized carbons (Fsp3) is 0.458. The quantitative estimate of drug-likeness (QED) is 0.317. The number of methoxy groups -OCH3 is 2. The Labute approximate surface area is 186 Å². The Hall–Kier alpha value is -2.77. The molecule has 0 aliphatic carbocycles. The first-order chi connectivity index (χ1) is 15.1. The van der Waals surface area contributed by atoms with Crippen LogP contribution in [0.15, 0.2) is 47.5 Å². The second-order valence-corrected chi connectivity index (χ2v) is 7.00. The van der Waals surface area contributed by atoms with E-state index in [1.54, 1.807) is 21.3 Å². The van der Waals surface area contributed by atoms with E-state index in [2.05, 4.69) is 33.4 Å². The van der Waals surface area contributed by atoms with Gasteiger partial charge in [-0.15, -0.1) is 0 Å². The summed E-state index contributed by atoms with van der Waals surface area (Å²) in [6.07, 6.45) is 0. The van der Waals surface area contributed by atoms with Gasteiger partial charge in [-0.25, -0.2) is 0 Å². The van der Waals surface area contributed by atoms with E-state index < -0.39 is 0 Å². The third kappa shape index (κ3) is 8.11. The molecule has 0 aliphatic rings. The molecular formula is C24H35N3O4. The molecule has 0 atom stereocenters. The molecule has 0 aliphatic heterocycles. The molecule has 170 valence electrons. The van der Waals surface area contributed by atoms with Crippen molar-refractivity contribution in [1.29, 1.82) is 0 Å². The second-order valence-electron chi connectivity index (χ2n) is 7.00. The molecule has 0 aromatic heterocycles. The highest BCUT2D eigenvalue weighted by molar-refractivity contribution is 5.79. The molecule has 7 heteroatoms. The van der Waals surface area contributed by atoms with Gasteiger partial charge in [0, 0.05) is 45.4 Å². The molecule has 1 N–H and O–H groups in total. The van der Waals surface area contributed by atoms with Crippen LogP contribution in [0, 0.1) is 0 Å². The third-order valence-corrected chi connectivity index (χ3v) is 4.76. The molecule has 0 fully saturated rings. The molecule has 0 spiro atoms. The van der Waals surface area contributed by atoms with Crippen molar-refractivity contribution in [3.8, 4) is 11.5 Å². The highest BCUT2D eigenvalue weighted by Gasteiger charge is 2.11. The summed E-state index contributed by atoms with van der Waals surface area (Å²) >= 11 is 0. The number of hydrogen-bond acceptors (Lipinski definition) is 5. The van der Waals surface area contributed by atoms with Gasteiger partial charge in [0.2, 0.25) is 0 Å². The van der Waals surface area contributed by atoms with E-state index >= 15 is 0 Å². The predicted molar refractivity (Wildman–Crippen MR) is 124 cm³/mol. The minimum absolute atomic E-state index is 0.576. The lowest BCUT2D eigenvalue weighted by molar-refractivity contribution is 0.0453. The highest BCUT2D eigenvalue weighted by Crippen LogP contribution is 2.25. The van der Waals surface area contributed by atoms with Gasteiger partial charge in [-0.2, -0.15) is 0 Å². The van der Waals surface area contributed by atoms with Gasteiger partial charge in [-0.1, -0.05) is 24.3 Å². The zero-order chi connectivity index (χ0) is 22.5. The summed E-state index contributed by atoms with van der Waals surface area (Å²) < 4.78 is 21.8. The lowest BCUT2D eigenvalue weighted by Gasteiger charge is -2.23. The Balaban J connectivity index is 1.91. The molecule has 2 aromatic rings. The number of nitrogens with one attached hydrogen (secondary N) is 1. The largest absolute Gasteiger partial charge is 0.497 e. The number of nitrogens with zero attached hydrogens (tertiary/aromatic N) is 2. The van der Waals surface area contributed by atoms with Gasteiger partial charge < -0.3 is 29.2 Å². The average Bonchev–Trinajstić information content (AvgIpc) is 2.80. The molecule has 0 saturated heterocycles. The number of hydrogen-bond donors (Lipinski definition) is 1. The van der Waals surface area contributed by atoms with Crippen LogP contribution in [-0.4, -0.2) is 59.0 Å². The van der Waals surface area contributed by atoms with Crippen molar-refractivity contribution in [3.05, 3.63) is 59.2 Å². The van der Waals surface area contributed by atoms with Crippen molar-refractivity contribution in [2.24, 2.45) is 4.99 Å². The molecule has 0 unspecified atom stereocenters. The van der Waals surface area contributed by atoms with E-state index in [9.17, 15) is 0 Å². The SMILES string of the molecule is CCOCCOCc1cccc(CNC(=NC)N(C)Cc2ccc(OC)cc2OC)c1. The maximum absolute atomic E-state index is 5.67. The Morgan fingerprint density at radius 3 is 2.48 bits per heavy atom. The monoisotopic (exact) mass is 429 g/mol. The molecular weight excluding hydrogens is 394 g/mol. The lowest BCUT2D eigenvalue weighted by atomic mass is 10.1. The normalized spacial score (nSPS) is 11.3. The van der Waals surface area contributed by atoms with E-state index in [-0.39, 0.29) is 0 Å². The van der Waals surface area contributed by atoms with E-state index in [4.69, 9.17) is 18.9 Å². The first-order valence-electron chi connectivity index (χ1n) is 10.5. The van der Waals surface area contributed by atoms with Crippen LogP contribution in [0.3, 0.4) is 0 Å². The number of ether oxygens (including phenoxy) is 4. The zero-order valence-electron chi connectivity index (χ0n) is 19.3. The third-order valence-electron chi connectivity index (χ3n) is 4.76. The predicted octanol–water partition coefficient (Wildman–Crippen LogP) is 3.46. The fourth-order valence-corrected chi connectivity index (χ4v) is 3.16. The van der Waals surface area contributed by atoms with Gasteiger partial charge in [0.1, 0.15) is 11.5 Å². The van der Waals surface area contributed by atoms with Crippen LogP contribution in [-0.2, 0) is 29.2 Å². The van der Waals surface area contributed by atoms with E-state index in [0.717, 1.165) is 28.6 Å². The Morgan fingerprint density at radius 2 is 1.77 bits per heavy atom. The number of benzene rings is 2. The average molecular weight is 430 g/mol. The van der Waals surface area contributed by atoms with Gasteiger partial charge in [-0.3, -0.25) is 4.99 Å². The van der Waals surface area contributed by atoms with Gasteiger partial charge in [0.05, 0.1) is 34.0 Å². The van der Waals surface area contributed by atoms with E-state index in [1.807, 2.05) is 38.2 Å². The van der Waals surface area contributed by atoms with Gasteiger partial charge >= 0.3 is 0 Å². The first-order valence-corrected chi connectivity index (χ1v) is 10.5. The Kier molecular flexibility index (Phi) is 10.7. The van der Waals surface area contributed by atoms with E-state index in [0.29, 0.717) is 39.5 Å². The van der Waals surface area contributed by atoms with Crippen LogP contribution < -0.4 is 14.8 Å². The molecule has 31 heavy (non-hydrogen) atoms. The number of aliphatic imine (C=N–C) groups is 1. The summed E-state index contributed by atoms with van der Waals surface area (Å²) in [5.74, 6) is 2.36. The lowest BCUT2D eigenvalue weighted by Crippen LogP contribution is -2.38. The van der Waals surface area contributed by atoms with Crippen molar-refractivity contribution in [2.75, 3.05) is 48.1 Å². The summed E-state index contributed by atoms with van der Waals surface area (Å²) in [6.45, 7) is 5.82. The zero-order valence-corrected chi connectivity index (χ0v) is 19.3. The van der Waals surface area contributed by atoms with Crippen molar-refractivity contribution in [2.45, 2.75) is 26.6 Å². The van der Waals surface area contributed by atoms with Gasteiger partial charge in [0.15, 0.2) is 5.96 Å². The van der Waals surface area contributed by atoms with Gasteiger partial charge in [0.25, 0.3) is 0 Å². The van der Waals surface area contributed by atoms with Crippen LogP contribution >= 0.6 is 0 Å². The summed E-state index contributed by atoms with van der Waals surface area (Å²) in [5, 5.41) is 3.43. The maximum Gasteiger partial charge on any atom is 0.193 e. The number of guanidine groups is 1. The second kappa shape index (κ2) is 13.5. The summed E-state index contributed by atoms with van der Waals surface area (Å²) in [6, 6.07) is 14.2.